The smallest absolute Gasteiger partial charge is 0.338 e. The topological polar surface area (TPSA) is 93.2 Å². The van der Waals surface area contributed by atoms with Crippen molar-refractivity contribution in [2.24, 2.45) is 0 Å². The van der Waals surface area contributed by atoms with E-state index < -0.39 is 36.3 Å². The predicted octanol–water partition coefficient (Wildman–Crippen LogP) is 2.66. The van der Waals surface area contributed by atoms with Gasteiger partial charge in [0.25, 0.3) is 0 Å². The van der Waals surface area contributed by atoms with E-state index in [1.807, 2.05) is 0 Å². The van der Waals surface area contributed by atoms with E-state index in [1.54, 1.807) is 44.2 Å². The highest BCUT2D eigenvalue weighted by Crippen LogP contribution is 2.39. The maximum Gasteiger partial charge on any atom is 0.338 e. The zero-order chi connectivity index (χ0) is 21.7. The van der Waals surface area contributed by atoms with Crippen molar-refractivity contribution in [3.8, 4) is 0 Å². The summed E-state index contributed by atoms with van der Waals surface area (Å²) in [6, 6.07) is 5.24. The highest BCUT2D eigenvalue weighted by Gasteiger charge is 2.45. The monoisotopic (exact) mass is 400 g/mol. The first-order valence-corrected chi connectivity index (χ1v) is 9.04. The van der Waals surface area contributed by atoms with Gasteiger partial charge in [0, 0.05) is 12.7 Å². The molecular weight excluding hydrogens is 376 g/mol. The number of ether oxygens (including phenoxy) is 2. The molecule has 1 aromatic rings. The van der Waals surface area contributed by atoms with Gasteiger partial charge in [-0.2, -0.15) is 0 Å². The van der Waals surface area contributed by atoms with Gasteiger partial charge in [-0.05, 0) is 25.0 Å². The van der Waals surface area contributed by atoms with Crippen molar-refractivity contribution < 1.29 is 28.7 Å². The first-order chi connectivity index (χ1) is 13.8. The van der Waals surface area contributed by atoms with Crippen LogP contribution >= 0.6 is 0 Å². The molecule has 8 nitrogen and oxygen atoms in total. The van der Waals surface area contributed by atoms with Crippen molar-refractivity contribution in [2.45, 2.75) is 26.3 Å². The second kappa shape index (κ2) is 9.18. The Labute approximate surface area is 169 Å². The Morgan fingerprint density at radius 3 is 2.48 bits per heavy atom. The molecule has 154 valence electrons. The summed E-state index contributed by atoms with van der Waals surface area (Å²) in [6.45, 7) is 7.17. The summed E-state index contributed by atoms with van der Waals surface area (Å²) in [5.74, 6) is -2.22. The van der Waals surface area contributed by atoms with Gasteiger partial charge < -0.3 is 14.4 Å². The van der Waals surface area contributed by atoms with E-state index >= 15 is 0 Å². The summed E-state index contributed by atoms with van der Waals surface area (Å²) in [6.07, 6.45) is 0.928. The number of carbonyl (C=O) groups excluding carboxylic acids is 4. The minimum atomic E-state index is -1.07. The van der Waals surface area contributed by atoms with E-state index in [0.29, 0.717) is 16.8 Å². The highest BCUT2D eigenvalue weighted by atomic mass is 16.5. The molecule has 1 aliphatic rings. The van der Waals surface area contributed by atoms with Gasteiger partial charge in [-0.3, -0.25) is 14.5 Å². The number of imide groups is 1. The van der Waals surface area contributed by atoms with Crippen molar-refractivity contribution in [3.05, 3.63) is 53.2 Å². The van der Waals surface area contributed by atoms with Crippen molar-refractivity contribution in [2.75, 3.05) is 20.8 Å². The number of hydrogen-bond acceptors (Lipinski definition) is 6. The van der Waals surface area contributed by atoms with E-state index in [1.165, 1.54) is 11.9 Å². The third kappa shape index (κ3) is 4.21. The fourth-order valence-electron chi connectivity index (χ4n) is 3.16. The van der Waals surface area contributed by atoms with Crippen LogP contribution in [0.3, 0.4) is 0 Å². The first-order valence-electron chi connectivity index (χ1n) is 9.04. The molecule has 0 N–H and O–H groups in total. The minimum absolute atomic E-state index is 0.124. The maximum absolute atomic E-state index is 13.0. The van der Waals surface area contributed by atoms with Crippen LogP contribution in [0.2, 0.25) is 0 Å². The Hall–Kier alpha value is -3.42. The van der Waals surface area contributed by atoms with Crippen LogP contribution in [0.15, 0.2) is 42.1 Å². The zero-order valence-electron chi connectivity index (χ0n) is 16.9. The van der Waals surface area contributed by atoms with Crippen molar-refractivity contribution in [1.29, 1.82) is 0 Å². The van der Waals surface area contributed by atoms with E-state index in [4.69, 9.17) is 4.74 Å². The number of amides is 3. The Morgan fingerprint density at radius 1 is 1.24 bits per heavy atom. The van der Waals surface area contributed by atoms with Gasteiger partial charge in [0.05, 0.1) is 19.3 Å². The second-order valence-corrected chi connectivity index (χ2v) is 6.31. The normalized spacial score (nSPS) is 16.6. The SMILES string of the molecule is C=Cc1ccccc1C1C(C(=O)OCC)=C(C)N(C)C(=O)N1C(=O)CC(=O)OC. The lowest BCUT2D eigenvalue weighted by Crippen LogP contribution is -2.52. The molecule has 0 aliphatic carbocycles. The average molecular weight is 400 g/mol. The summed E-state index contributed by atoms with van der Waals surface area (Å²) in [5, 5.41) is 0. The molecule has 2 rings (SSSR count). The molecule has 1 atom stereocenters. The minimum Gasteiger partial charge on any atom is -0.469 e. The second-order valence-electron chi connectivity index (χ2n) is 6.31. The standard InChI is InChI=1S/C21H24N2O6/c1-6-14-10-8-9-11-15(14)19-18(20(26)29-7-2)13(3)22(4)21(27)23(19)16(24)12-17(25)28-5/h6,8-11,19H,1,7,12H2,2-5H3. The molecule has 0 saturated heterocycles. The van der Waals surface area contributed by atoms with Crippen LogP contribution in [0.4, 0.5) is 4.79 Å². The average Bonchev–Trinajstić information content (AvgIpc) is 2.71. The molecule has 29 heavy (non-hydrogen) atoms. The Morgan fingerprint density at radius 2 is 1.90 bits per heavy atom. The van der Waals surface area contributed by atoms with Gasteiger partial charge in [-0.25, -0.2) is 9.59 Å². The van der Waals surface area contributed by atoms with Gasteiger partial charge >= 0.3 is 18.0 Å². The molecule has 0 aromatic heterocycles. The Kier molecular flexibility index (Phi) is 6.93. The molecule has 1 heterocycles. The van der Waals surface area contributed by atoms with Gasteiger partial charge in [0.15, 0.2) is 0 Å². The van der Waals surface area contributed by atoms with Crippen molar-refractivity contribution in [3.63, 3.8) is 0 Å². The van der Waals surface area contributed by atoms with Crippen molar-refractivity contribution >= 4 is 30.0 Å². The number of carbonyl (C=O) groups is 4. The van der Waals surface area contributed by atoms with Crippen LogP contribution < -0.4 is 0 Å². The molecule has 1 aliphatic heterocycles. The lowest BCUT2D eigenvalue weighted by Gasteiger charge is -2.40. The summed E-state index contributed by atoms with van der Waals surface area (Å²) >= 11 is 0. The number of allylic oxidation sites excluding steroid dienone is 1. The van der Waals surface area contributed by atoms with Crippen LogP contribution in [0.25, 0.3) is 6.08 Å². The number of rotatable bonds is 6. The number of esters is 2. The van der Waals surface area contributed by atoms with Crippen LogP contribution in [-0.2, 0) is 23.9 Å². The molecular formula is C21H24N2O6. The van der Waals surface area contributed by atoms with Crippen LogP contribution in [0, 0.1) is 0 Å². The Balaban J connectivity index is 2.74. The summed E-state index contributed by atoms with van der Waals surface area (Å²) in [4.78, 5) is 52.5. The van der Waals surface area contributed by atoms with E-state index in [0.717, 1.165) is 12.0 Å². The quantitative estimate of drug-likeness (QED) is 0.538. The molecule has 0 spiro atoms. The summed E-state index contributed by atoms with van der Waals surface area (Å²) in [7, 11) is 2.60. The molecule has 0 bridgehead atoms. The van der Waals surface area contributed by atoms with Crippen molar-refractivity contribution in [1.82, 2.24) is 9.80 Å². The number of nitrogens with zero attached hydrogens (tertiary/aromatic N) is 2. The molecule has 0 radical (unpaired) electrons. The van der Waals surface area contributed by atoms with E-state index in [9.17, 15) is 19.2 Å². The highest BCUT2D eigenvalue weighted by molar-refractivity contribution is 6.06. The van der Waals surface area contributed by atoms with Gasteiger partial charge in [-0.1, -0.05) is 36.9 Å². The molecule has 1 unspecified atom stereocenters. The third-order valence-electron chi connectivity index (χ3n) is 4.72. The third-order valence-corrected chi connectivity index (χ3v) is 4.72. The van der Waals surface area contributed by atoms with Crippen LogP contribution in [0.1, 0.15) is 37.4 Å². The summed E-state index contributed by atoms with van der Waals surface area (Å²) < 4.78 is 9.76. The zero-order valence-corrected chi connectivity index (χ0v) is 16.9. The van der Waals surface area contributed by atoms with Gasteiger partial charge in [0.1, 0.15) is 12.5 Å². The maximum atomic E-state index is 13.0. The number of urea groups is 1. The molecule has 0 fully saturated rings. The molecule has 1 aromatic carbocycles. The molecule has 3 amide bonds. The Bertz CT molecular complexity index is 889. The number of methoxy groups -OCH3 is 1. The lowest BCUT2D eigenvalue weighted by atomic mass is 9.89. The lowest BCUT2D eigenvalue weighted by molar-refractivity contribution is -0.146. The fraction of sp³-hybridized carbons (Fsp3) is 0.333. The molecule has 0 saturated carbocycles. The van der Waals surface area contributed by atoms with Crippen LogP contribution in [-0.4, -0.2) is 54.4 Å². The molecule has 8 heteroatoms. The van der Waals surface area contributed by atoms with Crippen LogP contribution in [0.5, 0.6) is 0 Å². The van der Waals surface area contributed by atoms with Gasteiger partial charge in [0.2, 0.25) is 5.91 Å². The first kappa shape index (κ1) is 21.9. The largest absolute Gasteiger partial charge is 0.469 e. The fourth-order valence-corrected chi connectivity index (χ4v) is 3.16. The van der Waals surface area contributed by atoms with Gasteiger partial charge in [-0.15, -0.1) is 0 Å². The van der Waals surface area contributed by atoms with E-state index in [-0.39, 0.29) is 12.2 Å². The predicted molar refractivity (Wildman–Crippen MR) is 105 cm³/mol. The number of hydrogen-bond donors (Lipinski definition) is 0. The summed E-state index contributed by atoms with van der Waals surface area (Å²) in [5.41, 5.74) is 1.66. The van der Waals surface area contributed by atoms with E-state index in [2.05, 4.69) is 11.3 Å². The number of benzene rings is 1.